The molecule has 25 heavy (non-hydrogen) atoms. The fourth-order valence-corrected chi connectivity index (χ4v) is 3.42. The first-order chi connectivity index (χ1) is 12.1. The van der Waals surface area contributed by atoms with E-state index in [4.69, 9.17) is 4.52 Å². The second kappa shape index (κ2) is 8.30. The lowest BCUT2D eigenvalue weighted by molar-refractivity contribution is -0.120. The first-order valence-electron chi connectivity index (χ1n) is 9.11. The lowest BCUT2D eigenvalue weighted by Gasteiger charge is -2.35. The summed E-state index contributed by atoms with van der Waals surface area (Å²) in [6, 6.07) is 10.7. The Morgan fingerprint density at radius 2 is 1.92 bits per heavy atom. The number of likely N-dealkylation sites (tertiary alicyclic amines) is 1. The van der Waals surface area contributed by atoms with Crippen LogP contribution < -0.4 is 5.32 Å². The maximum Gasteiger partial charge on any atom is 0.226 e. The number of carbonyl (C=O) groups is 1. The smallest absolute Gasteiger partial charge is 0.226 e. The van der Waals surface area contributed by atoms with Gasteiger partial charge in [-0.1, -0.05) is 41.4 Å². The molecular weight excluding hydrogens is 314 g/mol. The number of aryl methyl sites for hydroxylation is 2. The minimum Gasteiger partial charge on any atom is -0.361 e. The maximum absolute atomic E-state index is 12.3. The monoisotopic (exact) mass is 341 g/mol. The molecule has 134 valence electrons. The van der Waals surface area contributed by atoms with Crippen molar-refractivity contribution in [2.75, 3.05) is 19.6 Å². The van der Waals surface area contributed by atoms with Crippen LogP contribution in [0.2, 0.25) is 0 Å². The number of aromatic nitrogens is 1. The fourth-order valence-electron chi connectivity index (χ4n) is 3.42. The van der Waals surface area contributed by atoms with Crippen LogP contribution in [-0.4, -0.2) is 35.6 Å². The molecule has 2 heterocycles. The van der Waals surface area contributed by atoms with E-state index in [1.54, 1.807) is 0 Å². The number of hydrogen-bond donors (Lipinski definition) is 1. The highest BCUT2D eigenvalue weighted by Crippen LogP contribution is 2.24. The molecule has 1 atom stereocenters. The second-order valence-electron chi connectivity index (χ2n) is 6.93. The molecule has 1 unspecified atom stereocenters. The van der Waals surface area contributed by atoms with Gasteiger partial charge in [-0.2, -0.15) is 0 Å². The predicted molar refractivity (Wildman–Crippen MR) is 97.3 cm³/mol. The number of nitrogens with zero attached hydrogens (tertiary/aromatic N) is 2. The molecule has 0 spiro atoms. The van der Waals surface area contributed by atoms with E-state index >= 15 is 0 Å². The van der Waals surface area contributed by atoms with Gasteiger partial charge in [-0.05, 0) is 45.3 Å². The lowest BCUT2D eigenvalue weighted by atomic mass is 10.0. The molecule has 1 aromatic heterocycles. The SMILES string of the molecule is Cc1ccc(C(CNC(=O)Cc2cc(C)on2)N2CCCCC2)cc1. The Hall–Kier alpha value is -2.14. The van der Waals surface area contributed by atoms with Crippen LogP contribution in [0.3, 0.4) is 0 Å². The lowest BCUT2D eigenvalue weighted by Crippen LogP contribution is -2.41. The normalized spacial score (nSPS) is 16.6. The van der Waals surface area contributed by atoms with Gasteiger partial charge in [0.1, 0.15) is 5.76 Å². The molecule has 2 aromatic rings. The first kappa shape index (κ1) is 17.7. The summed E-state index contributed by atoms with van der Waals surface area (Å²) in [5.74, 6) is 0.719. The molecule has 1 aromatic carbocycles. The van der Waals surface area contributed by atoms with Crippen LogP contribution in [0, 0.1) is 13.8 Å². The second-order valence-corrected chi connectivity index (χ2v) is 6.93. The van der Waals surface area contributed by atoms with E-state index in [-0.39, 0.29) is 18.4 Å². The van der Waals surface area contributed by atoms with Crippen LogP contribution in [0.4, 0.5) is 0 Å². The van der Waals surface area contributed by atoms with E-state index in [2.05, 4.69) is 46.6 Å². The number of benzene rings is 1. The number of carbonyl (C=O) groups excluding carboxylic acids is 1. The molecule has 1 fully saturated rings. The van der Waals surface area contributed by atoms with Crippen LogP contribution in [0.5, 0.6) is 0 Å². The molecule has 5 heteroatoms. The van der Waals surface area contributed by atoms with Gasteiger partial charge < -0.3 is 9.84 Å². The summed E-state index contributed by atoms with van der Waals surface area (Å²) < 4.78 is 5.03. The first-order valence-corrected chi connectivity index (χ1v) is 9.11. The van der Waals surface area contributed by atoms with Crippen molar-refractivity contribution in [3.63, 3.8) is 0 Å². The van der Waals surface area contributed by atoms with Gasteiger partial charge in [-0.3, -0.25) is 9.69 Å². The zero-order chi connectivity index (χ0) is 17.6. The highest BCUT2D eigenvalue weighted by atomic mass is 16.5. The van der Waals surface area contributed by atoms with Gasteiger partial charge in [0.05, 0.1) is 18.2 Å². The Labute approximate surface area is 149 Å². The highest BCUT2D eigenvalue weighted by molar-refractivity contribution is 5.78. The number of piperidine rings is 1. The third kappa shape index (κ3) is 4.92. The molecule has 1 amide bonds. The summed E-state index contributed by atoms with van der Waals surface area (Å²) in [6.07, 6.45) is 4.02. The molecule has 3 rings (SSSR count). The number of amides is 1. The van der Waals surface area contributed by atoms with Gasteiger partial charge >= 0.3 is 0 Å². The summed E-state index contributed by atoms with van der Waals surface area (Å²) in [4.78, 5) is 14.8. The summed E-state index contributed by atoms with van der Waals surface area (Å²) in [5, 5.41) is 6.98. The predicted octanol–water partition coefficient (Wildman–Crippen LogP) is 3.18. The van der Waals surface area contributed by atoms with Gasteiger partial charge in [0.15, 0.2) is 0 Å². The van der Waals surface area contributed by atoms with Crippen LogP contribution in [0.25, 0.3) is 0 Å². The molecule has 0 radical (unpaired) electrons. The van der Waals surface area contributed by atoms with E-state index in [9.17, 15) is 4.79 Å². The summed E-state index contributed by atoms with van der Waals surface area (Å²) in [7, 11) is 0. The Balaban J connectivity index is 1.64. The van der Waals surface area contributed by atoms with Crippen molar-refractivity contribution in [3.8, 4) is 0 Å². The average molecular weight is 341 g/mol. The van der Waals surface area contributed by atoms with Crippen molar-refractivity contribution in [2.45, 2.75) is 45.6 Å². The topological polar surface area (TPSA) is 58.4 Å². The number of nitrogens with one attached hydrogen (secondary N) is 1. The van der Waals surface area contributed by atoms with Crippen molar-refractivity contribution in [1.29, 1.82) is 0 Å². The molecule has 0 aliphatic carbocycles. The van der Waals surface area contributed by atoms with Gasteiger partial charge in [0.2, 0.25) is 5.91 Å². The Bertz CT molecular complexity index is 687. The van der Waals surface area contributed by atoms with E-state index in [0.29, 0.717) is 12.2 Å². The van der Waals surface area contributed by atoms with Crippen LogP contribution in [0.15, 0.2) is 34.9 Å². The molecule has 1 aliphatic rings. The third-order valence-corrected chi connectivity index (χ3v) is 4.80. The minimum atomic E-state index is -0.0116. The molecule has 1 saturated heterocycles. The number of rotatable bonds is 6. The molecule has 0 bridgehead atoms. The fraction of sp³-hybridized carbons (Fsp3) is 0.500. The van der Waals surface area contributed by atoms with E-state index in [1.165, 1.54) is 30.4 Å². The zero-order valence-corrected chi connectivity index (χ0v) is 15.1. The molecule has 0 saturated carbocycles. The third-order valence-electron chi connectivity index (χ3n) is 4.80. The zero-order valence-electron chi connectivity index (χ0n) is 15.1. The summed E-state index contributed by atoms with van der Waals surface area (Å²) in [6.45, 7) is 6.74. The van der Waals surface area contributed by atoms with Crippen LogP contribution in [0.1, 0.15) is 47.9 Å². The van der Waals surface area contributed by atoms with Crippen molar-refractivity contribution in [2.24, 2.45) is 0 Å². The largest absolute Gasteiger partial charge is 0.361 e. The van der Waals surface area contributed by atoms with Crippen LogP contribution in [-0.2, 0) is 11.2 Å². The van der Waals surface area contributed by atoms with Crippen molar-refractivity contribution in [3.05, 3.63) is 52.9 Å². The Morgan fingerprint density at radius 1 is 1.20 bits per heavy atom. The summed E-state index contributed by atoms with van der Waals surface area (Å²) >= 11 is 0. The molecule has 5 nitrogen and oxygen atoms in total. The van der Waals surface area contributed by atoms with Crippen molar-refractivity contribution in [1.82, 2.24) is 15.4 Å². The van der Waals surface area contributed by atoms with E-state index in [1.807, 2.05) is 13.0 Å². The van der Waals surface area contributed by atoms with Gasteiger partial charge in [-0.15, -0.1) is 0 Å². The van der Waals surface area contributed by atoms with Crippen LogP contribution >= 0.6 is 0 Å². The average Bonchev–Trinajstić information content (AvgIpc) is 3.02. The van der Waals surface area contributed by atoms with E-state index < -0.39 is 0 Å². The standard InChI is InChI=1S/C20H27N3O2/c1-15-6-8-17(9-7-15)19(23-10-4-3-5-11-23)14-21-20(24)13-18-12-16(2)25-22-18/h6-9,12,19H,3-5,10-11,13-14H2,1-2H3,(H,21,24). The highest BCUT2D eigenvalue weighted by Gasteiger charge is 2.23. The Morgan fingerprint density at radius 3 is 2.56 bits per heavy atom. The minimum absolute atomic E-state index is 0.0116. The quantitative estimate of drug-likeness (QED) is 0.877. The van der Waals surface area contributed by atoms with Crippen molar-refractivity contribution >= 4 is 5.91 Å². The van der Waals surface area contributed by atoms with Crippen molar-refractivity contribution < 1.29 is 9.32 Å². The molecular formula is C20H27N3O2. The van der Waals surface area contributed by atoms with Gasteiger partial charge in [0, 0.05) is 12.6 Å². The van der Waals surface area contributed by atoms with Gasteiger partial charge in [-0.25, -0.2) is 0 Å². The molecule has 1 aliphatic heterocycles. The van der Waals surface area contributed by atoms with Gasteiger partial charge in [0.25, 0.3) is 0 Å². The maximum atomic E-state index is 12.3. The van der Waals surface area contributed by atoms with E-state index in [0.717, 1.165) is 18.8 Å². The summed E-state index contributed by atoms with van der Waals surface area (Å²) in [5.41, 5.74) is 3.21. The molecule has 1 N–H and O–H groups in total. The Kier molecular flexibility index (Phi) is 5.87. The number of hydrogen-bond acceptors (Lipinski definition) is 4.